The van der Waals surface area contributed by atoms with Gasteiger partial charge < -0.3 is 4.43 Å². The third kappa shape index (κ3) is 3.40. The van der Waals surface area contributed by atoms with Crippen molar-refractivity contribution < 1.29 is 4.43 Å². The summed E-state index contributed by atoms with van der Waals surface area (Å²) in [6, 6.07) is 8.69. The molecule has 2 rings (SSSR count). The average Bonchev–Trinajstić information content (AvgIpc) is 2.54. The molecule has 0 N–H and O–H groups in total. The summed E-state index contributed by atoms with van der Waals surface area (Å²) in [6.07, 6.45) is 9.94. The quantitative estimate of drug-likeness (QED) is 0.670. The van der Waals surface area contributed by atoms with Crippen molar-refractivity contribution in [2.24, 2.45) is 5.92 Å². The van der Waals surface area contributed by atoms with Gasteiger partial charge in [-0.15, -0.1) is 13.2 Å². The van der Waals surface area contributed by atoms with Crippen LogP contribution in [0.5, 0.6) is 0 Å². The molecule has 1 aromatic carbocycles. The SMILES string of the molecule is C=C[SiH](C=C)OCCC1(c2ccccc2C)C=CC=CC1C. The predicted molar refractivity (Wildman–Crippen MR) is 98.4 cm³/mol. The lowest BCUT2D eigenvalue weighted by Crippen LogP contribution is -2.35. The van der Waals surface area contributed by atoms with E-state index in [9.17, 15) is 0 Å². The molecule has 0 aliphatic heterocycles. The Morgan fingerprint density at radius 3 is 2.59 bits per heavy atom. The molecule has 1 aromatic rings. The molecule has 0 heterocycles. The van der Waals surface area contributed by atoms with Crippen molar-refractivity contribution >= 4 is 9.04 Å². The van der Waals surface area contributed by atoms with Gasteiger partial charge in [0.2, 0.25) is 9.04 Å². The van der Waals surface area contributed by atoms with Gasteiger partial charge in [-0.3, -0.25) is 0 Å². The molecular weight excluding hydrogens is 284 g/mol. The third-order valence-corrected chi connectivity index (χ3v) is 6.20. The fourth-order valence-electron chi connectivity index (χ4n) is 3.25. The highest BCUT2D eigenvalue weighted by atomic mass is 28.3. The van der Waals surface area contributed by atoms with Crippen LogP contribution < -0.4 is 0 Å². The van der Waals surface area contributed by atoms with Crippen molar-refractivity contribution in [3.05, 3.63) is 84.3 Å². The Balaban J connectivity index is 2.26. The van der Waals surface area contributed by atoms with Gasteiger partial charge in [0.1, 0.15) is 0 Å². The number of hydrogen-bond donors (Lipinski definition) is 0. The second-order valence-electron chi connectivity index (χ2n) is 5.94. The minimum absolute atomic E-state index is 0.0153. The first-order chi connectivity index (χ1) is 10.6. The lowest BCUT2D eigenvalue weighted by atomic mass is 9.66. The largest absolute Gasteiger partial charge is 0.412 e. The van der Waals surface area contributed by atoms with Crippen LogP contribution in [-0.4, -0.2) is 15.6 Å². The molecule has 0 spiro atoms. The molecule has 116 valence electrons. The van der Waals surface area contributed by atoms with Crippen LogP contribution in [-0.2, 0) is 9.84 Å². The molecule has 1 aliphatic carbocycles. The van der Waals surface area contributed by atoms with Gasteiger partial charge in [0.25, 0.3) is 0 Å². The van der Waals surface area contributed by atoms with Crippen LogP contribution in [0.4, 0.5) is 0 Å². The summed E-state index contributed by atoms with van der Waals surface area (Å²) in [7, 11) is -1.44. The van der Waals surface area contributed by atoms with E-state index < -0.39 is 9.04 Å². The standard InChI is InChI=1S/C20H26OSi/c1-5-22(6-2)21-16-15-20(14-10-9-12-18(20)4)19-13-8-7-11-17(19)3/h5-14,18,22H,1-2,15-16H2,3-4H3. The van der Waals surface area contributed by atoms with Gasteiger partial charge in [-0.25, -0.2) is 0 Å². The van der Waals surface area contributed by atoms with E-state index in [1.807, 2.05) is 11.4 Å². The molecule has 0 saturated heterocycles. The molecule has 2 atom stereocenters. The number of rotatable bonds is 7. The fourth-order valence-corrected chi connectivity index (χ4v) is 4.11. The van der Waals surface area contributed by atoms with Gasteiger partial charge in [-0.1, -0.05) is 66.9 Å². The van der Waals surface area contributed by atoms with E-state index in [1.54, 1.807) is 0 Å². The summed E-state index contributed by atoms with van der Waals surface area (Å²) in [5.74, 6) is 0.453. The van der Waals surface area contributed by atoms with Crippen LogP contribution in [0.3, 0.4) is 0 Å². The van der Waals surface area contributed by atoms with E-state index >= 15 is 0 Å². The maximum Gasteiger partial charge on any atom is 0.224 e. The molecule has 2 unspecified atom stereocenters. The summed E-state index contributed by atoms with van der Waals surface area (Å²) in [6.45, 7) is 12.9. The first-order valence-corrected chi connectivity index (χ1v) is 9.73. The molecule has 1 aliphatic rings. The molecule has 0 amide bonds. The highest BCUT2D eigenvalue weighted by Crippen LogP contribution is 2.41. The summed E-state index contributed by atoms with van der Waals surface area (Å²) >= 11 is 0. The van der Waals surface area contributed by atoms with Crippen LogP contribution in [0.15, 0.2) is 73.1 Å². The maximum absolute atomic E-state index is 6.02. The van der Waals surface area contributed by atoms with Crippen molar-refractivity contribution in [1.29, 1.82) is 0 Å². The summed E-state index contributed by atoms with van der Waals surface area (Å²) in [5.41, 5.74) is 6.61. The fraction of sp³-hybridized carbons (Fsp3) is 0.300. The van der Waals surface area contributed by atoms with Crippen molar-refractivity contribution in [3.63, 3.8) is 0 Å². The third-order valence-electron chi connectivity index (χ3n) is 4.65. The predicted octanol–water partition coefficient (Wildman–Crippen LogP) is 4.58. The Bertz CT molecular complexity index is 579. The van der Waals surface area contributed by atoms with Gasteiger partial charge in [-0.2, -0.15) is 0 Å². The smallest absolute Gasteiger partial charge is 0.224 e. The Morgan fingerprint density at radius 2 is 1.95 bits per heavy atom. The van der Waals surface area contributed by atoms with Crippen LogP contribution in [0.1, 0.15) is 24.5 Å². The second-order valence-corrected chi connectivity index (χ2v) is 8.15. The van der Waals surface area contributed by atoms with Crippen LogP contribution in [0, 0.1) is 12.8 Å². The van der Waals surface area contributed by atoms with Crippen molar-refractivity contribution in [2.45, 2.75) is 25.7 Å². The van der Waals surface area contributed by atoms with Gasteiger partial charge >= 0.3 is 0 Å². The number of aryl methyl sites for hydroxylation is 1. The van der Waals surface area contributed by atoms with Crippen LogP contribution in [0.25, 0.3) is 0 Å². The van der Waals surface area contributed by atoms with Gasteiger partial charge in [0, 0.05) is 12.0 Å². The lowest BCUT2D eigenvalue weighted by Gasteiger charge is -2.39. The summed E-state index contributed by atoms with van der Waals surface area (Å²) < 4.78 is 6.02. The van der Waals surface area contributed by atoms with E-state index in [2.05, 4.69) is 75.6 Å². The van der Waals surface area contributed by atoms with Crippen molar-refractivity contribution in [1.82, 2.24) is 0 Å². The number of allylic oxidation sites excluding steroid dienone is 4. The van der Waals surface area contributed by atoms with Crippen molar-refractivity contribution in [2.75, 3.05) is 6.61 Å². The molecule has 0 radical (unpaired) electrons. The maximum atomic E-state index is 6.02. The zero-order chi connectivity index (χ0) is 16.0. The number of hydrogen-bond acceptors (Lipinski definition) is 1. The highest BCUT2D eigenvalue weighted by molar-refractivity contribution is 6.62. The van der Waals surface area contributed by atoms with E-state index in [-0.39, 0.29) is 5.41 Å². The highest BCUT2D eigenvalue weighted by Gasteiger charge is 2.36. The average molecular weight is 311 g/mol. The minimum Gasteiger partial charge on any atom is -0.412 e. The molecule has 2 heteroatoms. The topological polar surface area (TPSA) is 9.23 Å². The van der Waals surface area contributed by atoms with E-state index in [1.165, 1.54) is 11.1 Å². The van der Waals surface area contributed by atoms with E-state index in [4.69, 9.17) is 4.43 Å². The molecular formula is C20H26OSi. The molecule has 0 bridgehead atoms. The minimum atomic E-state index is -1.44. The molecule has 0 fully saturated rings. The van der Waals surface area contributed by atoms with Gasteiger partial charge in [0.15, 0.2) is 0 Å². The van der Waals surface area contributed by atoms with Crippen LogP contribution >= 0.6 is 0 Å². The summed E-state index contributed by atoms with van der Waals surface area (Å²) in [5, 5.41) is 0. The Hall–Kier alpha value is -1.64. The lowest BCUT2D eigenvalue weighted by molar-refractivity contribution is 0.261. The zero-order valence-electron chi connectivity index (χ0n) is 13.7. The molecule has 0 saturated carbocycles. The van der Waals surface area contributed by atoms with E-state index in [0.29, 0.717) is 5.92 Å². The molecule has 22 heavy (non-hydrogen) atoms. The Labute approximate surface area is 136 Å². The second kappa shape index (κ2) is 7.57. The van der Waals surface area contributed by atoms with Crippen LogP contribution in [0.2, 0.25) is 0 Å². The number of benzene rings is 1. The van der Waals surface area contributed by atoms with Gasteiger partial charge in [-0.05, 0) is 30.4 Å². The zero-order valence-corrected chi connectivity index (χ0v) is 14.8. The summed E-state index contributed by atoms with van der Waals surface area (Å²) in [4.78, 5) is 0. The van der Waals surface area contributed by atoms with E-state index in [0.717, 1.165) is 13.0 Å². The Morgan fingerprint density at radius 1 is 1.23 bits per heavy atom. The Kier molecular flexibility index (Phi) is 5.75. The molecule has 1 nitrogen and oxygen atoms in total. The monoisotopic (exact) mass is 310 g/mol. The normalized spacial score (nSPS) is 23.7. The molecule has 0 aromatic heterocycles. The first-order valence-electron chi connectivity index (χ1n) is 7.93. The first kappa shape index (κ1) is 16.7. The van der Waals surface area contributed by atoms with Crippen molar-refractivity contribution in [3.8, 4) is 0 Å². The van der Waals surface area contributed by atoms with Gasteiger partial charge in [0.05, 0.1) is 0 Å².